The number of urea groups is 1. The molecule has 1 heterocycles. The number of piperazine rings is 1. The van der Waals surface area contributed by atoms with Crippen LogP contribution in [-0.2, 0) is 0 Å². The van der Waals surface area contributed by atoms with Crippen molar-refractivity contribution in [2.75, 3.05) is 40.4 Å². The Kier molecular flexibility index (Phi) is 6.96. The minimum absolute atomic E-state index is 0.0576. The molecule has 1 aliphatic carbocycles. The van der Waals surface area contributed by atoms with Gasteiger partial charge in [-0.15, -0.1) is 0 Å². The van der Waals surface area contributed by atoms with Crippen LogP contribution >= 0.6 is 0 Å². The molecule has 0 atom stereocenters. The minimum atomic E-state index is -0.608. The summed E-state index contributed by atoms with van der Waals surface area (Å²) in [6, 6.07) is 2.65. The molecule has 3 rings (SSSR count). The minimum Gasteiger partial charge on any atom is -0.493 e. The summed E-state index contributed by atoms with van der Waals surface area (Å²) in [5, 5.41) is 14.6. The quantitative estimate of drug-likeness (QED) is 0.578. The van der Waals surface area contributed by atoms with Crippen molar-refractivity contribution >= 4 is 17.6 Å². The van der Waals surface area contributed by atoms with Gasteiger partial charge in [0.2, 0.25) is 0 Å². The van der Waals surface area contributed by atoms with Crippen molar-refractivity contribution in [1.82, 2.24) is 15.1 Å². The van der Waals surface area contributed by atoms with Gasteiger partial charge in [-0.3, -0.25) is 14.9 Å². The Morgan fingerprint density at radius 2 is 1.57 bits per heavy atom. The number of ether oxygens (including phenoxy) is 2. The highest BCUT2D eigenvalue weighted by Gasteiger charge is 2.31. The zero-order valence-corrected chi connectivity index (χ0v) is 17.4. The molecule has 164 valence electrons. The maximum atomic E-state index is 13.0. The van der Waals surface area contributed by atoms with E-state index in [1.807, 2.05) is 0 Å². The number of benzene rings is 1. The van der Waals surface area contributed by atoms with Gasteiger partial charge in [0.15, 0.2) is 11.5 Å². The molecule has 10 heteroatoms. The Bertz CT molecular complexity index is 801. The summed E-state index contributed by atoms with van der Waals surface area (Å²) >= 11 is 0. The monoisotopic (exact) mass is 420 g/mol. The van der Waals surface area contributed by atoms with E-state index in [-0.39, 0.29) is 34.8 Å². The lowest BCUT2D eigenvalue weighted by molar-refractivity contribution is -0.385. The summed E-state index contributed by atoms with van der Waals surface area (Å²) < 4.78 is 10.3. The standard InChI is InChI=1S/C20H28N4O6/c1-29-17-12-15(16(24(27)28)13-18(17)30-2)19(25)22-8-10-23(11-9-22)20(26)21-14-6-4-3-5-7-14/h12-14H,3-11H2,1-2H3,(H,21,26). The molecule has 1 aliphatic heterocycles. The highest BCUT2D eigenvalue weighted by molar-refractivity contribution is 5.99. The molecule has 30 heavy (non-hydrogen) atoms. The molecule has 2 aliphatic rings. The Hall–Kier alpha value is -3.04. The van der Waals surface area contributed by atoms with Gasteiger partial charge in [0.25, 0.3) is 11.6 Å². The third-order valence-corrected chi connectivity index (χ3v) is 5.72. The molecule has 0 radical (unpaired) electrons. The lowest BCUT2D eigenvalue weighted by atomic mass is 9.96. The van der Waals surface area contributed by atoms with E-state index in [2.05, 4.69) is 5.32 Å². The van der Waals surface area contributed by atoms with E-state index in [0.29, 0.717) is 26.2 Å². The number of carbonyl (C=O) groups excluding carboxylic acids is 2. The number of rotatable bonds is 5. The van der Waals surface area contributed by atoms with Gasteiger partial charge in [-0.2, -0.15) is 0 Å². The Morgan fingerprint density at radius 3 is 2.13 bits per heavy atom. The van der Waals surface area contributed by atoms with E-state index in [1.165, 1.54) is 37.7 Å². The molecule has 1 saturated carbocycles. The number of hydrogen-bond donors (Lipinski definition) is 1. The van der Waals surface area contributed by atoms with Crippen molar-refractivity contribution in [2.24, 2.45) is 0 Å². The first-order valence-corrected chi connectivity index (χ1v) is 10.2. The van der Waals surface area contributed by atoms with E-state index < -0.39 is 10.8 Å². The maximum absolute atomic E-state index is 13.0. The van der Waals surface area contributed by atoms with Crippen LogP contribution in [0.3, 0.4) is 0 Å². The molecule has 0 aromatic heterocycles. The van der Waals surface area contributed by atoms with Gasteiger partial charge in [0.05, 0.1) is 25.2 Å². The van der Waals surface area contributed by atoms with Crippen LogP contribution in [0, 0.1) is 10.1 Å². The third kappa shape index (κ3) is 4.74. The molecular weight excluding hydrogens is 392 g/mol. The fraction of sp³-hybridized carbons (Fsp3) is 0.600. The summed E-state index contributed by atoms with van der Waals surface area (Å²) in [6.07, 6.45) is 5.50. The number of nitro groups is 1. The first-order valence-electron chi connectivity index (χ1n) is 10.2. The van der Waals surface area contributed by atoms with Crippen molar-refractivity contribution in [1.29, 1.82) is 0 Å². The van der Waals surface area contributed by atoms with Gasteiger partial charge in [-0.05, 0) is 12.8 Å². The second-order valence-corrected chi connectivity index (χ2v) is 7.55. The molecule has 3 amide bonds. The van der Waals surface area contributed by atoms with Gasteiger partial charge >= 0.3 is 6.03 Å². The predicted octanol–water partition coefficient (Wildman–Crippen LogP) is 2.41. The number of nitro benzene ring substituents is 1. The summed E-state index contributed by atoms with van der Waals surface area (Å²) in [7, 11) is 2.78. The van der Waals surface area contributed by atoms with E-state index in [1.54, 1.807) is 4.90 Å². The molecule has 1 aromatic rings. The van der Waals surface area contributed by atoms with Gasteiger partial charge in [-0.25, -0.2) is 4.79 Å². The van der Waals surface area contributed by atoms with Crippen molar-refractivity contribution in [3.05, 3.63) is 27.8 Å². The lowest BCUT2D eigenvalue weighted by Gasteiger charge is -2.36. The Balaban J connectivity index is 1.66. The molecule has 1 N–H and O–H groups in total. The maximum Gasteiger partial charge on any atom is 0.317 e. The number of hydrogen-bond acceptors (Lipinski definition) is 6. The Morgan fingerprint density at radius 1 is 1.00 bits per heavy atom. The summed E-state index contributed by atoms with van der Waals surface area (Å²) in [5.41, 5.74) is -0.395. The zero-order valence-electron chi connectivity index (χ0n) is 17.4. The number of nitrogens with zero attached hydrogens (tertiary/aromatic N) is 3. The molecule has 10 nitrogen and oxygen atoms in total. The van der Waals surface area contributed by atoms with Crippen LogP contribution in [0.1, 0.15) is 42.5 Å². The van der Waals surface area contributed by atoms with Gasteiger partial charge in [0, 0.05) is 38.3 Å². The van der Waals surface area contributed by atoms with Gasteiger partial charge in [-0.1, -0.05) is 19.3 Å². The number of amides is 3. The van der Waals surface area contributed by atoms with Crippen LogP contribution in [0.25, 0.3) is 0 Å². The van der Waals surface area contributed by atoms with Crippen LogP contribution in [-0.4, -0.2) is 73.1 Å². The molecular formula is C20H28N4O6. The summed E-state index contributed by atoms with van der Waals surface area (Å²) in [4.78, 5) is 39.6. The second kappa shape index (κ2) is 9.64. The van der Waals surface area contributed by atoms with Crippen LogP contribution in [0.2, 0.25) is 0 Å². The molecule has 0 bridgehead atoms. The van der Waals surface area contributed by atoms with Crippen LogP contribution < -0.4 is 14.8 Å². The lowest BCUT2D eigenvalue weighted by Crippen LogP contribution is -2.54. The highest BCUT2D eigenvalue weighted by Crippen LogP contribution is 2.35. The second-order valence-electron chi connectivity index (χ2n) is 7.55. The topological polar surface area (TPSA) is 114 Å². The van der Waals surface area contributed by atoms with Crippen LogP contribution in [0.5, 0.6) is 11.5 Å². The van der Waals surface area contributed by atoms with Crippen molar-refractivity contribution in [2.45, 2.75) is 38.1 Å². The molecule has 0 unspecified atom stereocenters. The normalized spacial score (nSPS) is 17.4. The van der Waals surface area contributed by atoms with Crippen LogP contribution in [0.4, 0.5) is 10.5 Å². The molecule has 1 saturated heterocycles. The van der Waals surface area contributed by atoms with Crippen LogP contribution in [0.15, 0.2) is 12.1 Å². The molecule has 1 aromatic carbocycles. The first kappa shape index (κ1) is 21.7. The van der Waals surface area contributed by atoms with E-state index >= 15 is 0 Å². The first-order chi connectivity index (χ1) is 14.4. The zero-order chi connectivity index (χ0) is 21.7. The summed E-state index contributed by atoms with van der Waals surface area (Å²) in [6.45, 7) is 1.38. The van der Waals surface area contributed by atoms with Gasteiger partial charge in [0.1, 0.15) is 5.56 Å². The van der Waals surface area contributed by atoms with E-state index in [0.717, 1.165) is 25.7 Å². The smallest absolute Gasteiger partial charge is 0.317 e. The van der Waals surface area contributed by atoms with Crippen molar-refractivity contribution in [3.63, 3.8) is 0 Å². The number of methoxy groups -OCH3 is 2. The Labute approximate surface area is 175 Å². The third-order valence-electron chi connectivity index (χ3n) is 5.72. The number of nitrogens with one attached hydrogen (secondary N) is 1. The van der Waals surface area contributed by atoms with Gasteiger partial charge < -0.3 is 24.6 Å². The van der Waals surface area contributed by atoms with Crippen molar-refractivity contribution < 1.29 is 24.0 Å². The summed E-state index contributed by atoms with van der Waals surface area (Å²) in [5.74, 6) is -0.0307. The fourth-order valence-electron chi connectivity index (χ4n) is 3.99. The van der Waals surface area contributed by atoms with E-state index in [4.69, 9.17) is 9.47 Å². The number of carbonyl (C=O) groups is 2. The molecule has 0 spiro atoms. The van der Waals surface area contributed by atoms with E-state index in [9.17, 15) is 19.7 Å². The molecule has 2 fully saturated rings. The predicted molar refractivity (Wildman–Crippen MR) is 109 cm³/mol. The van der Waals surface area contributed by atoms with Crippen molar-refractivity contribution in [3.8, 4) is 11.5 Å². The largest absolute Gasteiger partial charge is 0.493 e. The fourth-order valence-corrected chi connectivity index (χ4v) is 3.99. The average Bonchev–Trinajstić information content (AvgIpc) is 2.78. The average molecular weight is 420 g/mol. The highest BCUT2D eigenvalue weighted by atomic mass is 16.6. The SMILES string of the molecule is COc1cc(C(=O)N2CCN(C(=O)NC3CCCCC3)CC2)c([N+](=O)[O-])cc1OC.